The molecule has 0 atom stereocenters. The molecular formula is C13H9Br2N3O2. The van der Waals surface area contributed by atoms with E-state index in [1.54, 1.807) is 6.07 Å². The molecule has 0 saturated carbocycles. The summed E-state index contributed by atoms with van der Waals surface area (Å²) >= 11 is 6.47. The third kappa shape index (κ3) is 2.74. The molecule has 0 fully saturated rings. The van der Waals surface area contributed by atoms with Gasteiger partial charge in [0.1, 0.15) is 9.21 Å². The second-order valence-electron chi connectivity index (χ2n) is 4.26. The first kappa shape index (κ1) is 13.7. The van der Waals surface area contributed by atoms with E-state index in [2.05, 4.69) is 47.1 Å². The van der Waals surface area contributed by atoms with Gasteiger partial charge in [0.25, 0.3) is 5.91 Å². The van der Waals surface area contributed by atoms with Crippen molar-refractivity contribution < 1.29 is 9.53 Å². The number of aromatic nitrogens is 2. The van der Waals surface area contributed by atoms with Crippen LogP contribution in [-0.4, -0.2) is 15.9 Å². The second-order valence-corrected chi connectivity index (χ2v) is 5.83. The Balaban J connectivity index is 1.82. The van der Waals surface area contributed by atoms with Crippen LogP contribution in [0.2, 0.25) is 0 Å². The van der Waals surface area contributed by atoms with Gasteiger partial charge in [0.05, 0.1) is 19.4 Å². The monoisotopic (exact) mass is 397 g/mol. The topological polar surface area (TPSA) is 64.1 Å². The Bertz CT molecular complexity index is 691. The van der Waals surface area contributed by atoms with E-state index in [0.29, 0.717) is 33.8 Å². The summed E-state index contributed by atoms with van der Waals surface area (Å²) in [5, 5.41) is 2.72. The predicted octanol–water partition coefficient (Wildman–Crippen LogP) is 3.28. The third-order valence-corrected chi connectivity index (χ3v) is 3.85. The van der Waals surface area contributed by atoms with Gasteiger partial charge in [-0.1, -0.05) is 6.07 Å². The Kier molecular flexibility index (Phi) is 3.82. The molecule has 7 heteroatoms. The number of benzene rings is 1. The summed E-state index contributed by atoms with van der Waals surface area (Å²) in [6.07, 6.45) is 1.52. The smallest absolute Gasteiger partial charge is 0.256 e. The number of nitrogens with one attached hydrogen (secondary N) is 1. The summed E-state index contributed by atoms with van der Waals surface area (Å²) in [4.78, 5) is 20.4. The summed E-state index contributed by atoms with van der Waals surface area (Å²) < 4.78 is 6.40. The molecule has 5 nitrogen and oxygen atoms in total. The van der Waals surface area contributed by atoms with Gasteiger partial charge in [-0.05, 0) is 55.1 Å². The van der Waals surface area contributed by atoms with Gasteiger partial charge in [0.2, 0.25) is 0 Å². The second kappa shape index (κ2) is 5.59. The van der Waals surface area contributed by atoms with Gasteiger partial charge < -0.3 is 10.1 Å². The molecule has 0 unspecified atom stereocenters. The quantitative estimate of drug-likeness (QED) is 0.842. The number of rotatable bonds is 2. The minimum atomic E-state index is -0.225. The highest BCUT2D eigenvalue weighted by Crippen LogP contribution is 2.23. The van der Waals surface area contributed by atoms with E-state index in [1.165, 1.54) is 6.20 Å². The van der Waals surface area contributed by atoms with Crippen LogP contribution in [0, 0.1) is 0 Å². The van der Waals surface area contributed by atoms with Gasteiger partial charge in [-0.3, -0.25) is 4.79 Å². The van der Waals surface area contributed by atoms with Gasteiger partial charge in [-0.2, -0.15) is 0 Å². The minimum Gasteiger partial charge on any atom is -0.372 e. The molecule has 1 aliphatic heterocycles. The van der Waals surface area contributed by atoms with Crippen LogP contribution in [0.5, 0.6) is 0 Å². The van der Waals surface area contributed by atoms with Crippen molar-refractivity contribution in [3.8, 4) is 0 Å². The fourth-order valence-corrected chi connectivity index (χ4v) is 2.83. The zero-order valence-electron chi connectivity index (χ0n) is 10.2. The number of nitrogens with zero attached hydrogens (tertiary/aromatic N) is 2. The molecule has 3 rings (SSSR count). The van der Waals surface area contributed by atoms with Crippen molar-refractivity contribution in [3.05, 3.63) is 50.3 Å². The fourth-order valence-electron chi connectivity index (χ4n) is 1.92. The maximum Gasteiger partial charge on any atom is 0.256 e. The minimum absolute atomic E-state index is 0.225. The molecule has 0 bridgehead atoms. The summed E-state index contributed by atoms with van der Waals surface area (Å²) in [7, 11) is 0. The van der Waals surface area contributed by atoms with Crippen LogP contribution in [0.4, 0.5) is 5.82 Å². The van der Waals surface area contributed by atoms with E-state index in [9.17, 15) is 4.79 Å². The highest BCUT2D eigenvalue weighted by Gasteiger charge is 2.15. The van der Waals surface area contributed by atoms with E-state index >= 15 is 0 Å². The molecule has 0 saturated heterocycles. The average molecular weight is 399 g/mol. The molecule has 20 heavy (non-hydrogen) atoms. The van der Waals surface area contributed by atoms with Crippen molar-refractivity contribution in [1.82, 2.24) is 9.97 Å². The number of anilines is 1. The van der Waals surface area contributed by atoms with Crippen molar-refractivity contribution in [1.29, 1.82) is 0 Å². The zero-order valence-corrected chi connectivity index (χ0v) is 13.4. The molecule has 1 amide bonds. The van der Waals surface area contributed by atoms with Crippen LogP contribution < -0.4 is 5.32 Å². The molecule has 0 aliphatic carbocycles. The lowest BCUT2D eigenvalue weighted by molar-refractivity contribution is 0.102. The molecule has 1 N–H and O–H groups in total. The lowest BCUT2D eigenvalue weighted by Crippen LogP contribution is -2.14. The molecule has 0 spiro atoms. The molecule has 2 heterocycles. The predicted molar refractivity (Wildman–Crippen MR) is 80.3 cm³/mol. The van der Waals surface area contributed by atoms with Gasteiger partial charge in [-0.15, -0.1) is 0 Å². The standard InChI is InChI=1S/C13H9Br2N3O2/c14-10-4-16-12(11(15)17-10)18-13(19)7-1-2-8-5-20-6-9(8)3-7/h1-4H,5-6H2,(H,16,18,19). The first-order valence-corrected chi connectivity index (χ1v) is 7.41. The van der Waals surface area contributed by atoms with Crippen LogP contribution in [0.15, 0.2) is 33.6 Å². The van der Waals surface area contributed by atoms with Crippen molar-refractivity contribution >= 4 is 43.6 Å². The van der Waals surface area contributed by atoms with Crippen molar-refractivity contribution in [2.45, 2.75) is 13.2 Å². The Morgan fingerprint density at radius 1 is 1.25 bits per heavy atom. The maximum absolute atomic E-state index is 12.2. The molecule has 0 radical (unpaired) electrons. The van der Waals surface area contributed by atoms with Crippen LogP contribution in [0.3, 0.4) is 0 Å². The van der Waals surface area contributed by atoms with E-state index < -0.39 is 0 Å². The zero-order chi connectivity index (χ0) is 14.1. The first-order valence-electron chi connectivity index (χ1n) is 5.82. The summed E-state index contributed by atoms with van der Waals surface area (Å²) in [6, 6.07) is 5.54. The summed E-state index contributed by atoms with van der Waals surface area (Å²) in [6.45, 7) is 1.17. The Labute approximate surface area is 132 Å². The molecule has 1 aromatic carbocycles. The average Bonchev–Trinajstić information content (AvgIpc) is 2.89. The van der Waals surface area contributed by atoms with Gasteiger partial charge in [0.15, 0.2) is 5.82 Å². The number of hydrogen-bond donors (Lipinski definition) is 1. The Hall–Kier alpha value is -1.31. The summed E-state index contributed by atoms with van der Waals surface area (Å²) in [5.74, 6) is 0.159. The Morgan fingerprint density at radius 3 is 2.85 bits per heavy atom. The first-order chi connectivity index (χ1) is 9.63. The van der Waals surface area contributed by atoms with Crippen molar-refractivity contribution in [3.63, 3.8) is 0 Å². The highest BCUT2D eigenvalue weighted by molar-refractivity contribution is 9.11. The number of hydrogen-bond acceptors (Lipinski definition) is 4. The lowest BCUT2D eigenvalue weighted by atomic mass is 10.1. The lowest BCUT2D eigenvalue weighted by Gasteiger charge is -2.07. The third-order valence-electron chi connectivity index (χ3n) is 2.92. The number of amides is 1. The van der Waals surface area contributed by atoms with Crippen LogP contribution in [0.25, 0.3) is 0 Å². The van der Waals surface area contributed by atoms with E-state index in [-0.39, 0.29) is 5.91 Å². The van der Waals surface area contributed by atoms with E-state index in [1.807, 2.05) is 12.1 Å². The molecule has 1 aliphatic rings. The van der Waals surface area contributed by atoms with E-state index in [0.717, 1.165) is 11.1 Å². The normalized spacial score (nSPS) is 13.1. The number of carbonyl (C=O) groups excluding carboxylic acids is 1. The van der Waals surface area contributed by atoms with Crippen molar-refractivity contribution in [2.24, 2.45) is 0 Å². The van der Waals surface area contributed by atoms with Gasteiger partial charge >= 0.3 is 0 Å². The molecule has 1 aromatic heterocycles. The molecule has 2 aromatic rings. The summed E-state index contributed by atoms with van der Waals surface area (Å²) in [5.41, 5.74) is 2.76. The van der Waals surface area contributed by atoms with Crippen LogP contribution in [-0.2, 0) is 18.0 Å². The largest absolute Gasteiger partial charge is 0.372 e. The SMILES string of the molecule is O=C(Nc1ncc(Br)nc1Br)c1ccc2c(c1)COC2. The molecule has 102 valence electrons. The van der Waals surface area contributed by atoms with Gasteiger partial charge in [0, 0.05) is 5.56 Å². The van der Waals surface area contributed by atoms with Crippen LogP contribution >= 0.6 is 31.9 Å². The van der Waals surface area contributed by atoms with Crippen LogP contribution in [0.1, 0.15) is 21.5 Å². The maximum atomic E-state index is 12.2. The highest BCUT2D eigenvalue weighted by atomic mass is 79.9. The van der Waals surface area contributed by atoms with Crippen molar-refractivity contribution in [2.75, 3.05) is 5.32 Å². The van der Waals surface area contributed by atoms with Gasteiger partial charge in [-0.25, -0.2) is 9.97 Å². The number of halogens is 2. The Morgan fingerprint density at radius 2 is 2.05 bits per heavy atom. The number of fused-ring (bicyclic) bond motifs is 1. The van der Waals surface area contributed by atoms with E-state index in [4.69, 9.17) is 4.74 Å². The number of carbonyl (C=O) groups is 1. The molecular weight excluding hydrogens is 390 g/mol. The number of ether oxygens (including phenoxy) is 1. The fraction of sp³-hybridized carbons (Fsp3) is 0.154.